The number of aliphatic carboxylic acids is 1. The minimum Gasteiger partial charge on any atom is -0.481 e. The van der Waals surface area contributed by atoms with Gasteiger partial charge in [0, 0.05) is 25.2 Å². The molecule has 0 spiro atoms. The molecule has 0 bridgehead atoms. The predicted octanol–water partition coefficient (Wildman–Crippen LogP) is 2.19. The van der Waals surface area contributed by atoms with Gasteiger partial charge >= 0.3 is 5.97 Å². The first-order valence-corrected chi connectivity index (χ1v) is 10.5. The van der Waals surface area contributed by atoms with Crippen molar-refractivity contribution in [3.05, 3.63) is 29.8 Å². The van der Waals surface area contributed by atoms with E-state index in [1.807, 2.05) is 13.8 Å². The highest BCUT2D eigenvalue weighted by molar-refractivity contribution is 7.89. The Morgan fingerprint density at radius 1 is 1.22 bits per heavy atom. The first-order chi connectivity index (χ1) is 12.4. The van der Waals surface area contributed by atoms with Crippen LogP contribution in [0.5, 0.6) is 0 Å². The van der Waals surface area contributed by atoms with Gasteiger partial charge in [-0.15, -0.1) is 0 Å². The van der Waals surface area contributed by atoms with Crippen molar-refractivity contribution in [2.24, 2.45) is 17.3 Å². The monoisotopic (exact) mass is 396 g/mol. The van der Waals surface area contributed by atoms with Gasteiger partial charge in [-0.05, 0) is 50.3 Å². The fourth-order valence-corrected chi connectivity index (χ4v) is 4.95. The van der Waals surface area contributed by atoms with Crippen molar-refractivity contribution in [3.63, 3.8) is 0 Å². The summed E-state index contributed by atoms with van der Waals surface area (Å²) in [7, 11) is -3.68. The molecule has 1 aromatic rings. The molecule has 2 atom stereocenters. The molecule has 27 heavy (non-hydrogen) atoms. The standard InChI is InChI=1S/C19H28N2O5S/c1-13-8-14(2)11-21(10-13)27(25,26)16-7-5-6-15(9-16)17(22)20-12-19(3,4)18(23)24/h5-7,9,13-14H,8,10-12H2,1-4H3,(H,20,22)(H,23,24). The molecule has 8 heteroatoms. The van der Waals surface area contributed by atoms with Gasteiger partial charge in [-0.2, -0.15) is 4.31 Å². The number of carbonyl (C=O) groups is 2. The van der Waals surface area contributed by atoms with Gasteiger partial charge < -0.3 is 10.4 Å². The summed E-state index contributed by atoms with van der Waals surface area (Å²) in [5.74, 6) is -0.948. The van der Waals surface area contributed by atoms with Gasteiger partial charge in [0.2, 0.25) is 10.0 Å². The van der Waals surface area contributed by atoms with Crippen molar-refractivity contribution in [1.82, 2.24) is 9.62 Å². The fourth-order valence-electron chi connectivity index (χ4n) is 3.23. The van der Waals surface area contributed by atoms with E-state index in [2.05, 4.69) is 5.32 Å². The van der Waals surface area contributed by atoms with Crippen LogP contribution < -0.4 is 5.32 Å². The number of sulfonamides is 1. The summed E-state index contributed by atoms with van der Waals surface area (Å²) < 4.78 is 27.4. The number of nitrogens with zero attached hydrogens (tertiary/aromatic N) is 1. The van der Waals surface area contributed by atoms with Crippen molar-refractivity contribution >= 4 is 21.9 Å². The van der Waals surface area contributed by atoms with Gasteiger partial charge in [0.1, 0.15) is 0 Å². The first-order valence-electron chi connectivity index (χ1n) is 9.05. The Hall–Kier alpha value is -1.93. The van der Waals surface area contributed by atoms with Crippen LogP contribution in [0.15, 0.2) is 29.2 Å². The van der Waals surface area contributed by atoms with Gasteiger partial charge in [-0.25, -0.2) is 8.42 Å². The molecule has 1 saturated heterocycles. The van der Waals surface area contributed by atoms with Gasteiger partial charge in [-0.1, -0.05) is 19.9 Å². The maximum Gasteiger partial charge on any atom is 0.310 e. The maximum absolute atomic E-state index is 13.0. The number of nitrogens with one attached hydrogen (secondary N) is 1. The minimum absolute atomic E-state index is 0.0563. The van der Waals surface area contributed by atoms with Gasteiger partial charge in [-0.3, -0.25) is 9.59 Å². The number of carboxylic acid groups (broad SMARTS) is 1. The fraction of sp³-hybridized carbons (Fsp3) is 0.579. The highest BCUT2D eigenvalue weighted by Gasteiger charge is 2.32. The molecule has 1 heterocycles. The molecule has 1 aliphatic heterocycles. The molecular formula is C19H28N2O5S. The van der Waals surface area contributed by atoms with E-state index in [0.29, 0.717) is 13.1 Å². The van der Waals surface area contributed by atoms with E-state index < -0.39 is 27.3 Å². The van der Waals surface area contributed by atoms with Crippen molar-refractivity contribution in [3.8, 4) is 0 Å². The molecule has 1 fully saturated rings. The zero-order valence-electron chi connectivity index (χ0n) is 16.2. The third-order valence-corrected chi connectivity index (χ3v) is 6.67. The van der Waals surface area contributed by atoms with E-state index in [4.69, 9.17) is 5.11 Å². The molecule has 7 nitrogen and oxygen atoms in total. The zero-order chi connectivity index (χ0) is 20.4. The SMILES string of the molecule is CC1CC(C)CN(S(=O)(=O)c2cccc(C(=O)NCC(C)(C)C(=O)O)c2)C1. The lowest BCUT2D eigenvalue weighted by atomic mass is 9.94. The molecule has 0 saturated carbocycles. The molecular weight excluding hydrogens is 368 g/mol. The number of piperidine rings is 1. The van der Waals surface area contributed by atoms with E-state index in [1.54, 1.807) is 0 Å². The number of rotatable bonds is 6. The minimum atomic E-state index is -3.68. The average Bonchev–Trinajstić information content (AvgIpc) is 2.59. The van der Waals surface area contributed by atoms with E-state index in [-0.39, 0.29) is 28.8 Å². The number of benzene rings is 1. The van der Waals surface area contributed by atoms with Crippen LogP contribution >= 0.6 is 0 Å². The third kappa shape index (κ3) is 5.07. The Labute approximate surface area is 160 Å². The summed E-state index contributed by atoms with van der Waals surface area (Å²) >= 11 is 0. The molecule has 150 valence electrons. The van der Waals surface area contributed by atoms with Crippen molar-refractivity contribution in [2.75, 3.05) is 19.6 Å². The first kappa shape index (κ1) is 21.4. The molecule has 2 rings (SSSR count). The van der Waals surface area contributed by atoms with Crippen molar-refractivity contribution in [1.29, 1.82) is 0 Å². The molecule has 1 aliphatic rings. The van der Waals surface area contributed by atoms with E-state index in [0.717, 1.165) is 6.42 Å². The summed E-state index contributed by atoms with van der Waals surface area (Å²) in [6, 6.07) is 5.88. The van der Waals surface area contributed by atoms with Crippen LogP contribution in [0.4, 0.5) is 0 Å². The second kappa shape index (κ2) is 7.98. The lowest BCUT2D eigenvalue weighted by molar-refractivity contribution is -0.146. The molecule has 0 aromatic heterocycles. The van der Waals surface area contributed by atoms with E-state index >= 15 is 0 Å². The highest BCUT2D eigenvalue weighted by Crippen LogP contribution is 2.27. The maximum atomic E-state index is 13.0. The molecule has 0 aliphatic carbocycles. The van der Waals surface area contributed by atoms with Gasteiger partial charge in [0.05, 0.1) is 10.3 Å². The van der Waals surface area contributed by atoms with Gasteiger partial charge in [0.15, 0.2) is 0 Å². The number of hydrogen-bond acceptors (Lipinski definition) is 4. The van der Waals surface area contributed by atoms with Gasteiger partial charge in [0.25, 0.3) is 5.91 Å². The second-order valence-corrected chi connectivity index (χ2v) is 10.1. The number of amides is 1. The smallest absolute Gasteiger partial charge is 0.310 e. The Kier molecular flexibility index (Phi) is 6.32. The average molecular weight is 397 g/mol. The lowest BCUT2D eigenvalue weighted by Crippen LogP contribution is -2.42. The Morgan fingerprint density at radius 2 is 1.81 bits per heavy atom. The van der Waals surface area contributed by atoms with Crippen molar-refractivity contribution in [2.45, 2.75) is 39.0 Å². The number of carbonyl (C=O) groups excluding carboxylic acids is 1. The van der Waals surface area contributed by atoms with E-state index in [9.17, 15) is 18.0 Å². The summed E-state index contributed by atoms with van der Waals surface area (Å²) in [6.45, 7) is 7.97. The summed E-state index contributed by atoms with van der Waals surface area (Å²) in [5.41, 5.74) is -0.922. The van der Waals surface area contributed by atoms with Crippen LogP contribution in [0.2, 0.25) is 0 Å². The molecule has 1 amide bonds. The zero-order valence-corrected chi connectivity index (χ0v) is 17.0. The lowest BCUT2D eigenvalue weighted by Gasteiger charge is -2.34. The van der Waals surface area contributed by atoms with Crippen LogP contribution in [-0.4, -0.2) is 49.3 Å². The van der Waals surface area contributed by atoms with Crippen LogP contribution in [0.3, 0.4) is 0 Å². The van der Waals surface area contributed by atoms with E-state index in [1.165, 1.54) is 42.4 Å². The molecule has 2 unspecified atom stereocenters. The molecule has 2 N–H and O–H groups in total. The highest BCUT2D eigenvalue weighted by atomic mass is 32.2. The van der Waals surface area contributed by atoms with Crippen LogP contribution in [0.25, 0.3) is 0 Å². The molecule has 0 radical (unpaired) electrons. The van der Waals surface area contributed by atoms with Crippen LogP contribution in [0, 0.1) is 17.3 Å². The van der Waals surface area contributed by atoms with Crippen molar-refractivity contribution < 1.29 is 23.1 Å². The normalized spacial score (nSPS) is 21.6. The largest absolute Gasteiger partial charge is 0.481 e. The summed E-state index contributed by atoms with van der Waals surface area (Å²) in [5, 5.41) is 11.7. The molecule has 1 aromatic carbocycles. The number of hydrogen-bond donors (Lipinski definition) is 2. The Morgan fingerprint density at radius 3 is 2.37 bits per heavy atom. The van der Waals surface area contributed by atoms with Crippen LogP contribution in [-0.2, 0) is 14.8 Å². The summed E-state index contributed by atoms with van der Waals surface area (Å²) in [4.78, 5) is 23.6. The number of carboxylic acids is 1. The predicted molar refractivity (Wildman–Crippen MR) is 102 cm³/mol. The Balaban J connectivity index is 2.19. The quantitative estimate of drug-likeness (QED) is 0.767. The van der Waals surface area contributed by atoms with Crippen LogP contribution in [0.1, 0.15) is 44.5 Å². The topological polar surface area (TPSA) is 104 Å². The Bertz CT molecular complexity index is 809. The summed E-state index contributed by atoms with van der Waals surface area (Å²) in [6.07, 6.45) is 0.994. The third-order valence-electron chi connectivity index (χ3n) is 4.84. The second-order valence-electron chi connectivity index (χ2n) is 8.17.